The minimum absolute atomic E-state index is 0.538. The van der Waals surface area contributed by atoms with Crippen molar-refractivity contribution >= 4 is 0 Å². The van der Waals surface area contributed by atoms with Gasteiger partial charge in [-0.05, 0) is 32.4 Å². The summed E-state index contributed by atoms with van der Waals surface area (Å²) < 4.78 is 2.10. The first-order valence-electron chi connectivity index (χ1n) is 5.82. The van der Waals surface area contributed by atoms with Gasteiger partial charge in [-0.3, -0.25) is 9.58 Å². The van der Waals surface area contributed by atoms with Crippen LogP contribution in [0.2, 0.25) is 0 Å². The number of aromatic nitrogens is 2. The van der Waals surface area contributed by atoms with E-state index in [-0.39, 0.29) is 0 Å². The van der Waals surface area contributed by atoms with E-state index in [0.717, 1.165) is 19.6 Å². The fraction of sp³-hybridized carbons (Fsp3) is 0.727. The monoisotopic (exact) mass is 208 g/mol. The number of hydrogen-bond acceptors (Lipinski definition) is 3. The third-order valence-electron chi connectivity index (χ3n) is 3.17. The van der Waals surface area contributed by atoms with E-state index in [9.17, 15) is 0 Å². The molecule has 2 heterocycles. The van der Waals surface area contributed by atoms with Gasteiger partial charge in [0.1, 0.15) is 0 Å². The number of nitrogens with zero attached hydrogens (tertiary/aromatic N) is 3. The van der Waals surface area contributed by atoms with Crippen molar-refractivity contribution in [3.63, 3.8) is 0 Å². The van der Waals surface area contributed by atoms with E-state index in [2.05, 4.69) is 27.7 Å². The Hall–Kier alpha value is -0.870. The molecule has 15 heavy (non-hydrogen) atoms. The summed E-state index contributed by atoms with van der Waals surface area (Å²) in [7, 11) is 0. The summed E-state index contributed by atoms with van der Waals surface area (Å²) in [5.41, 5.74) is 6.98. The second-order valence-corrected chi connectivity index (χ2v) is 4.05. The average Bonchev–Trinajstić information content (AvgIpc) is 2.84. The average molecular weight is 208 g/mol. The van der Waals surface area contributed by atoms with Gasteiger partial charge in [-0.15, -0.1) is 0 Å². The summed E-state index contributed by atoms with van der Waals surface area (Å²) in [6.45, 7) is 6.01. The third-order valence-corrected chi connectivity index (χ3v) is 3.17. The van der Waals surface area contributed by atoms with Crippen LogP contribution in [0.4, 0.5) is 0 Å². The summed E-state index contributed by atoms with van der Waals surface area (Å²) >= 11 is 0. The topological polar surface area (TPSA) is 47.1 Å². The van der Waals surface area contributed by atoms with Gasteiger partial charge in [0.25, 0.3) is 0 Å². The van der Waals surface area contributed by atoms with Crippen LogP contribution in [-0.2, 0) is 6.54 Å². The molecule has 1 aromatic heterocycles. The highest BCUT2D eigenvalue weighted by Gasteiger charge is 2.27. The highest BCUT2D eigenvalue weighted by atomic mass is 15.3. The molecule has 4 heteroatoms. The molecule has 0 aromatic carbocycles. The van der Waals surface area contributed by atoms with Crippen molar-refractivity contribution in [3.05, 3.63) is 18.0 Å². The van der Waals surface area contributed by atoms with Crippen molar-refractivity contribution in [1.82, 2.24) is 14.7 Å². The number of rotatable bonds is 4. The second kappa shape index (κ2) is 4.77. The van der Waals surface area contributed by atoms with Crippen LogP contribution >= 0.6 is 0 Å². The molecule has 0 amide bonds. The maximum absolute atomic E-state index is 5.63. The van der Waals surface area contributed by atoms with E-state index in [4.69, 9.17) is 5.73 Å². The molecule has 1 aliphatic heterocycles. The van der Waals surface area contributed by atoms with Crippen molar-refractivity contribution in [2.45, 2.75) is 32.4 Å². The van der Waals surface area contributed by atoms with Crippen molar-refractivity contribution in [1.29, 1.82) is 0 Å². The van der Waals surface area contributed by atoms with E-state index in [1.54, 1.807) is 0 Å². The number of likely N-dealkylation sites (tertiary alicyclic amines) is 1. The van der Waals surface area contributed by atoms with Gasteiger partial charge in [0.15, 0.2) is 0 Å². The van der Waals surface area contributed by atoms with Crippen LogP contribution in [0.5, 0.6) is 0 Å². The summed E-state index contributed by atoms with van der Waals surface area (Å²) in [4.78, 5) is 2.48. The lowest BCUT2D eigenvalue weighted by atomic mass is 10.1. The largest absolute Gasteiger partial charge is 0.329 e. The van der Waals surface area contributed by atoms with Crippen LogP contribution in [-0.4, -0.2) is 34.3 Å². The van der Waals surface area contributed by atoms with E-state index < -0.39 is 0 Å². The standard InChI is InChI=1S/C11H20N4/c1-2-15-11(5-7-13-15)10-4-3-8-14(10)9-6-12/h5,7,10H,2-4,6,8-9,12H2,1H3/t10-/m1/s1. The number of hydrogen-bond donors (Lipinski definition) is 1. The fourth-order valence-electron chi connectivity index (χ4n) is 2.48. The molecule has 0 bridgehead atoms. The summed E-state index contributed by atoms with van der Waals surface area (Å²) in [5.74, 6) is 0. The smallest absolute Gasteiger partial charge is 0.0555 e. The van der Waals surface area contributed by atoms with Gasteiger partial charge >= 0.3 is 0 Å². The zero-order valence-corrected chi connectivity index (χ0v) is 9.39. The Morgan fingerprint density at radius 2 is 2.47 bits per heavy atom. The molecule has 84 valence electrons. The first-order chi connectivity index (χ1) is 7.36. The lowest BCUT2D eigenvalue weighted by molar-refractivity contribution is 0.253. The lowest BCUT2D eigenvalue weighted by Gasteiger charge is -2.24. The van der Waals surface area contributed by atoms with Gasteiger partial charge in [0.2, 0.25) is 0 Å². The number of nitrogens with two attached hydrogens (primary N) is 1. The van der Waals surface area contributed by atoms with Gasteiger partial charge < -0.3 is 5.73 Å². The molecular formula is C11H20N4. The Kier molecular flexibility index (Phi) is 3.38. The van der Waals surface area contributed by atoms with E-state index in [0.29, 0.717) is 6.04 Å². The molecule has 2 rings (SSSR count). The fourth-order valence-corrected chi connectivity index (χ4v) is 2.48. The van der Waals surface area contributed by atoms with Gasteiger partial charge in [0, 0.05) is 25.8 Å². The zero-order chi connectivity index (χ0) is 10.7. The lowest BCUT2D eigenvalue weighted by Crippen LogP contribution is -2.30. The highest BCUT2D eigenvalue weighted by Crippen LogP contribution is 2.30. The van der Waals surface area contributed by atoms with Crippen molar-refractivity contribution in [2.24, 2.45) is 5.73 Å². The highest BCUT2D eigenvalue weighted by molar-refractivity contribution is 5.09. The normalized spacial score (nSPS) is 22.4. The van der Waals surface area contributed by atoms with Crippen molar-refractivity contribution in [3.8, 4) is 0 Å². The van der Waals surface area contributed by atoms with Crippen molar-refractivity contribution in [2.75, 3.05) is 19.6 Å². The van der Waals surface area contributed by atoms with Gasteiger partial charge in [0.05, 0.1) is 11.7 Å². The van der Waals surface area contributed by atoms with Crippen LogP contribution in [0, 0.1) is 0 Å². The number of aryl methyl sites for hydroxylation is 1. The molecule has 0 spiro atoms. The Bertz CT molecular complexity index is 307. The van der Waals surface area contributed by atoms with Crippen LogP contribution < -0.4 is 5.73 Å². The quantitative estimate of drug-likeness (QED) is 0.803. The van der Waals surface area contributed by atoms with Crippen LogP contribution in [0.1, 0.15) is 31.5 Å². The molecule has 1 aliphatic rings. The SMILES string of the molecule is CCn1nccc1[C@H]1CCCN1CCN. The maximum atomic E-state index is 5.63. The molecule has 0 unspecified atom stereocenters. The van der Waals surface area contributed by atoms with E-state index in [1.165, 1.54) is 25.1 Å². The molecular weight excluding hydrogens is 188 g/mol. The molecule has 0 saturated carbocycles. The molecule has 1 atom stereocenters. The van der Waals surface area contributed by atoms with Crippen molar-refractivity contribution < 1.29 is 0 Å². The van der Waals surface area contributed by atoms with Crippen LogP contribution in [0.25, 0.3) is 0 Å². The zero-order valence-electron chi connectivity index (χ0n) is 9.39. The van der Waals surface area contributed by atoms with E-state index >= 15 is 0 Å². The predicted molar refractivity (Wildman–Crippen MR) is 60.5 cm³/mol. The Morgan fingerprint density at radius 3 is 3.20 bits per heavy atom. The summed E-state index contributed by atoms with van der Waals surface area (Å²) in [6, 6.07) is 2.68. The van der Waals surface area contributed by atoms with Crippen LogP contribution in [0.15, 0.2) is 12.3 Å². The summed E-state index contributed by atoms with van der Waals surface area (Å²) in [5, 5.41) is 4.33. The molecule has 1 aromatic rings. The summed E-state index contributed by atoms with van der Waals surface area (Å²) in [6.07, 6.45) is 4.42. The van der Waals surface area contributed by atoms with E-state index in [1.807, 2.05) is 6.20 Å². The molecule has 2 N–H and O–H groups in total. The minimum Gasteiger partial charge on any atom is -0.329 e. The molecule has 1 saturated heterocycles. The molecule has 0 radical (unpaired) electrons. The minimum atomic E-state index is 0.538. The molecule has 4 nitrogen and oxygen atoms in total. The Labute approximate surface area is 91.1 Å². The third kappa shape index (κ3) is 2.06. The molecule has 1 fully saturated rings. The van der Waals surface area contributed by atoms with Gasteiger partial charge in [-0.2, -0.15) is 5.10 Å². The predicted octanol–water partition coefficient (Wildman–Crippen LogP) is 0.999. The first kappa shape index (κ1) is 10.6. The van der Waals surface area contributed by atoms with Crippen LogP contribution in [0.3, 0.4) is 0 Å². The van der Waals surface area contributed by atoms with Gasteiger partial charge in [-0.25, -0.2) is 0 Å². The van der Waals surface area contributed by atoms with Gasteiger partial charge in [-0.1, -0.05) is 0 Å². The first-order valence-corrected chi connectivity index (χ1v) is 5.82. The molecule has 0 aliphatic carbocycles. The Morgan fingerprint density at radius 1 is 1.60 bits per heavy atom. The maximum Gasteiger partial charge on any atom is 0.0555 e. The second-order valence-electron chi connectivity index (χ2n) is 4.05. The Balaban J connectivity index is 2.15.